The molecule has 0 rings (SSSR count). The summed E-state index contributed by atoms with van der Waals surface area (Å²) < 4.78 is 0. The molecule has 0 radical (unpaired) electrons. The number of hydrogen-bond donors (Lipinski definition) is 2. The van der Waals surface area contributed by atoms with Crippen LogP contribution in [0.2, 0.25) is 0 Å². The standard InChI is InChI=1S/C10H23N3/c1-4-8(5-2)9(6-3)7-13-10(11)12/h8-9H,4-7H2,1-3H3,(H4,11,12,13). The Hall–Kier alpha value is -0.730. The van der Waals surface area contributed by atoms with Crippen molar-refractivity contribution in [2.24, 2.45) is 28.3 Å². The Balaban J connectivity index is 4.07. The van der Waals surface area contributed by atoms with Gasteiger partial charge in [-0.15, -0.1) is 0 Å². The average molecular weight is 185 g/mol. The Morgan fingerprint density at radius 3 is 1.77 bits per heavy atom. The Kier molecular flexibility index (Phi) is 6.37. The minimum atomic E-state index is 0.212. The Morgan fingerprint density at radius 2 is 1.46 bits per heavy atom. The van der Waals surface area contributed by atoms with Gasteiger partial charge in [0.15, 0.2) is 5.96 Å². The van der Waals surface area contributed by atoms with Crippen molar-refractivity contribution in [1.29, 1.82) is 0 Å². The molecule has 3 heteroatoms. The summed E-state index contributed by atoms with van der Waals surface area (Å²) in [6.45, 7) is 7.44. The second-order valence-electron chi connectivity index (χ2n) is 3.51. The van der Waals surface area contributed by atoms with Crippen LogP contribution in [0.25, 0.3) is 0 Å². The predicted octanol–water partition coefficient (Wildman–Crippen LogP) is 1.72. The molecule has 78 valence electrons. The summed E-state index contributed by atoms with van der Waals surface area (Å²) in [5, 5.41) is 0. The Bertz CT molecular complexity index is 146. The Labute approximate surface area is 81.6 Å². The van der Waals surface area contributed by atoms with Crippen LogP contribution in [0.5, 0.6) is 0 Å². The van der Waals surface area contributed by atoms with E-state index >= 15 is 0 Å². The van der Waals surface area contributed by atoms with E-state index in [1.165, 1.54) is 12.8 Å². The van der Waals surface area contributed by atoms with Crippen LogP contribution in [-0.4, -0.2) is 12.5 Å². The number of nitrogens with two attached hydrogens (primary N) is 2. The highest BCUT2D eigenvalue weighted by Crippen LogP contribution is 2.22. The summed E-state index contributed by atoms with van der Waals surface area (Å²) in [7, 11) is 0. The van der Waals surface area contributed by atoms with Gasteiger partial charge < -0.3 is 11.5 Å². The van der Waals surface area contributed by atoms with Gasteiger partial charge in [-0.2, -0.15) is 0 Å². The fraction of sp³-hybridized carbons (Fsp3) is 0.900. The fourth-order valence-corrected chi connectivity index (χ4v) is 1.79. The van der Waals surface area contributed by atoms with E-state index in [1.54, 1.807) is 0 Å². The van der Waals surface area contributed by atoms with Gasteiger partial charge in [0.1, 0.15) is 0 Å². The zero-order valence-electron chi connectivity index (χ0n) is 9.09. The first kappa shape index (κ1) is 12.3. The molecule has 1 atom stereocenters. The van der Waals surface area contributed by atoms with E-state index in [2.05, 4.69) is 25.8 Å². The summed E-state index contributed by atoms with van der Waals surface area (Å²) in [5.41, 5.74) is 10.6. The molecule has 0 heterocycles. The fourth-order valence-electron chi connectivity index (χ4n) is 1.79. The summed E-state index contributed by atoms with van der Waals surface area (Å²) in [4.78, 5) is 4.08. The molecule has 0 saturated heterocycles. The molecule has 0 fully saturated rings. The largest absolute Gasteiger partial charge is 0.370 e. The predicted molar refractivity (Wildman–Crippen MR) is 58.5 cm³/mol. The zero-order chi connectivity index (χ0) is 10.3. The van der Waals surface area contributed by atoms with Gasteiger partial charge in [-0.05, 0) is 11.8 Å². The lowest BCUT2D eigenvalue weighted by Gasteiger charge is -2.22. The normalized spacial score (nSPS) is 12.9. The van der Waals surface area contributed by atoms with Gasteiger partial charge in [0, 0.05) is 6.54 Å². The molecule has 0 bridgehead atoms. The topological polar surface area (TPSA) is 64.4 Å². The molecule has 0 aliphatic carbocycles. The number of hydrogen-bond acceptors (Lipinski definition) is 1. The molecule has 0 aromatic heterocycles. The van der Waals surface area contributed by atoms with E-state index in [1.807, 2.05) is 0 Å². The molecule has 0 aliphatic rings. The number of rotatable bonds is 6. The highest BCUT2D eigenvalue weighted by molar-refractivity contribution is 5.75. The van der Waals surface area contributed by atoms with E-state index in [0.29, 0.717) is 5.92 Å². The molecular weight excluding hydrogens is 162 g/mol. The minimum absolute atomic E-state index is 0.212. The monoisotopic (exact) mass is 185 g/mol. The van der Waals surface area contributed by atoms with Crippen LogP contribution in [0, 0.1) is 11.8 Å². The van der Waals surface area contributed by atoms with E-state index < -0.39 is 0 Å². The third kappa shape index (κ3) is 4.76. The van der Waals surface area contributed by atoms with Gasteiger partial charge >= 0.3 is 0 Å². The van der Waals surface area contributed by atoms with E-state index in [-0.39, 0.29) is 5.96 Å². The quantitative estimate of drug-likeness (QED) is 0.489. The lowest BCUT2D eigenvalue weighted by molar-refractivity contribution is 0.312. The van der Waals surface area contributed by atoms with Gasteiger partial charge in [-0.3, -0.25) is 4.99 Å². The maximum Gasteiger partial charge on any atom is 0.185 e. The highest BCUT2D eigenvalue weighted by atomic mass is 15.0. The number of guanidine groups is 1. The molecule has 4 N–H and O–H groups in total. The summed E-state index contributed by atoms with van der Waals surface area (Å²) in [6, 6.07) is 0. The molecule has 0 aliphatic heterocycles. The SMILES string of the molecule is CCC(CC)C(CC)CN=C(N)N. The summed E-state index contributed by atoms with van der Waals surface area (Å²) in [6.07, 6.45) is 3.59. The van der Waals surface area contributed by atoms with Gasteiger partial charge in [0.05, 0.1) is 0 Å². The third-order valence-electron chi connectivity index (χ3n) is 2.75. The van der Waals surface area contributed by atoms with Gasteiger partial charge in [0.2, 0.25) is 0 Å². The first-order chi connectivity index (χ1) is 6.15. The molecule has 1 unspecified atom stereocenters. The van der Waals surface area contributed by atoms with E-state index in [0.717, 1.165) is 18.9 Å². The third-order valence-corrected chi connectivity index (χ3v) is 2.75. The van der Waals surface area contributed by atoms with Crippen LogP contribution in [0.15, 0.2) is 4.99 Å². The number of nitrogens with zero attached hydrogens (tertiary/aromatic N) is 1. The molecule has 0 aromatic rings. The van der Waals surface area contributed by atoms with Crippen molar-refractivity contribution in [3.05, 3.63) is 0 Å². The first-order valence-electron chi connectivity index (χ1n) is 5.20. The lowest BCUT2D eigenvalue weighted by Crippen LogP contribution is -2.25. The van der Waals surface area contributed by atoms with Crippen molar-refractivity contribution in [2.45, 2.75) is 40.0 Å². The molecule has 3 nitrogen and oxygen atoms in total. The Morgan fingerprint density at radius 1 is 1.00 bits per heavy atom. The highest BCUT2D eigenvalue weighted by Gasteiger charge is 2.15. The van der Waals surface area contributed by atoms with Crippen molar-refractivity contribution in [2.75, 3.05) is 6.54 Å². The van der Waals surface area contributed by atoms with Crippen LogP contribution in [-0.2, 0) is 0 Å². The van der Waals surface area contributed by atoms with Gasteiger partial charge in [-0.1, -0.05) is 40.0 Å². The van der Waals surface area contributed by atoms with Crippen LogP contribution in [0.3, 0.4) is 0 Å². The molecule has 0 saturated carbocycles. The molecule has 13 heavy (non-hydrogen) atoms. The van der Waals surface area contributed by atoms with Crippen molar-refractivity contribution in [3.8, 4) is 0 Å². The van der Waals surface area contributed by atoms with Crippen molar-refractivity contribution < 1.29 is 0 Å². The first-order valence-corrected chi connectivity index (χ1v) is 5.20. The van der Waals surface area contributed by atoms with Crippen LogP contribution < -0.4 is 11.5 Å². The molecule has 0 spiro atoms. The summed E-state index contributed by atoms with van der Waals surface area (Å²) in [5.74, 6) is 1.61. The second-order valence-corrected chi connectivity index (χ2v) is 3.51. The molecule has 0 aromatic carbocycles. The lowest BCUT2D eigenvalue weighted by atomic mass is 9.86. The van der Waals surface area contributed by atoms with Crippen LogP contribution >= 0.6 is 0 Å². The second kappa shape index (κ2) is 6.75. The van der Waals surface area contributed by atoms with Crippen molar-refractivity contribution in [1.82, 2.24) is 0 Å². The molecular formula is C10H23N3. The van der Waals surface area contributed by atoms with Crippen molar-refractivity contribution >= 4 is 5.96 Å². The average Bonchev–Trinajstić information content (AvgIpc) is 2.11. The van der Waals surface area contributed by atoms with E-state index in [9.17, 15) is 0 Å². The summed E-state index contributed by atoms with van der Waals surface area (Å²) >= 11 is 0. The smallest absolute Gasteiger partial charge is 0.185 e. The van der Waals surface area contributed by atoms with Crippen molar-refractivity contribution in [3.63, 3.8) is 0 Å². The maximum atomic E-state index is 5.31. The number of aliphatic imine (C=N–C) groups is 1. The van der Waals surface area contributed by atoms with E-state index in [4.69, 9.17) is 11.5 Å². The minimum Gasteiger partial charge on any atom is -0.370 e. The maximum absolute atomic E-state index is 5.31. The van der Waals surface area contributed by atoms with Crippen LogP contribution in [0.4, 0.5) is 0 Å². The van der Waals surface area contributed by atoms with Crippen LogP contribution in [0.1, 0.15) is 40.0 Å². The zero-order valence-corrected chi connectivity index (χ0v) is 9.09. The van der Waals surface area contributed by atoms with Gasteiger partial charge in [-0.25, -0.2) is 0 Å². The molecule has 0 amide bonds. The van der Waals surface area contributed by atoms with Gasteiger partial charge in [0.25, 0.3) is 0 Å².